The first-order chi connectivity index (χ1) is 8.36. The Hall–Kier alpha value is -2.22. The van der Waals surface area contributed by atoms with Crippen LogP contribution in [0.15, 0.2) is 60.7 Å². The van der Waals surface area contributed by atoms with Gasteiger partial charge in [-0.25, -0.2) is 0 Å². The molecular weight excluding hydrogens is 212 g/mol. The number of hydrogen-bond acceptors (Lipinski definition) is 2. The number of benzene rings is 2. The van der Waals surface area contributed by atoms with E-state index >= 15 is 0 Å². The van der Waals surface area contributed by atoms with Crippen LogP contribution >= 0.6 is 0 Å². The maximum Gasteiger partial charge on any atom is 0.126 e. The van der Waals surface area contributed by atoms with Gasteiger partial charge in [0.2, 0.25) is 0 Å². The molecule has 0 saturated heterocycles. The van der Waals surface area contributed by atoms with Crippen LogP contribution in [0.1, 0.15) is 5.56 Å². The summed E-state index contributed by atoms with van der Waals surface area (Å²) in [5.74, 6) is 1.31. The number of phenolic OH excluding ortho intramolecular Hbond substituents is 1. The minimum absolute atomic E-state index is 0.322. The molecule has 2 nitrogen and oxygen atoms in total. The number of ether oxygens (including phenoxy) is 1. The van der Waals surface area contributed by atoms with Gasteiger partial charge in [0, 0.05) is 5.56 Å². The molecule has 0 fully saturated rings. The van der Waals surface area contributed by atoms with Crippen LogP contribution in [0, 0.1) is 0 Å². The lowest BCUT2D eigenvalue weighted by atomic mass is 10.1. The predicted octanol–water partition coefficient (Wildman–Crippen LogP) is 3.48. The Morgan fingerprint density at radius 3 is 2.24 bits per heavy atom. The molecule has 17 heavy (non-hydrogen) atoms. The van der Waals surface area contributed by atoms with Crippen molar-refractivity contribution in [1.82, 2.24) is 0 Å². The Kier molecular flexibility index (Phi) is 3.81. The first-order valence-corrected chi connectivity index (χ1v) is 5.48. The van der Waals surface area contributed by atoms with Crippen LogP contribution in [0.5, 0.6) is 11.5 Å². The molecule has 0 atom stereocenters. The van der Waals surface area contributed by atoms with Crippen molar-refractivity contribution in [3.63, 3.8) is 0 Å². The van der Waals surface area contributed by atoms with Crippen molar-refractivity contribution in [2.75, 3.05) is 6.61 Å². The number of fused-ring (bicyclic) bond motifs is 1. The Bertz CT molecular complexity index is 489. The van der Waals surface area contributed by atoms with E-state index in [0.29, 0.717) is 12.4 Å². The van der Waals surface area contributed by atoms with Crippen LogP contribution in [0.3, 0.4) is 0 Å². The highest BCUT2D eigenvalue weighted by molar-refractivity contribution is 5.58. The molecule has 0 aliphatic carbocycles. The molecule has 0 bridgehead atoms. The van der Waals surface area contributed by atoms with Gasteiger partial charge in [-0.2, -0.15) is 0 Å². The van der Waals surface area contributed by atoms with Crippen LogP contribution < -0.4 is 4.74 Å². The highest BCUT2D eigenvalue weighted by Crippen LogP contribution is 2.21. The van der Waals surface area contributed by atoms with Crippen LogP contribution in [0.25, 0.3) is 6.08 Å². The monoisotopic (exact) mass is 226 g/mol. The molecule has 1 N–H and O–H groups in total. The average molecular weight is 226 g/mol. The second-order valence-electron chi connectivity index (χ2n) is 3.59. The number of hydrogen-bond donors (Lipinski definition) is 1. The summed E-state index contributed by atoms with van der Waals surface area (Å²) >= 11 is 0. The summed E-state index contributed by atoms with van der Waals surface area (Å²) in [7, 11) is 0. The molecule has 2 heteroatoms. The van der Waals surface area contributed by atoms with Crippen molar-refractivity contribution in [3.8, 4) is 11.5 Å². The van der Waals surface area contributed by atoms with Crippen molar-refractivity contribution >= 4 is 6.08 Å². The summed E-state index contributed by atoms with van der Waals surface area (Å²) < 4.78 is 5.34. The SMILES string of the molecule is C1=Cc2ccccc2OC1.Oc1ccccc1. The lowest BCUT2D eigenvalue weighted by Crippen LogP contribution is -1.98. The van der Waals surface area contributed by atoms with Crippen molar-refractivity contribution in [2.24, 2.45) is 0 Å². The Balaban J connectivity index is 0.000000136. The molecular formula is C15H14O2. The van der Waals surface area contributed by atoms with E-state index in [2.05, 4.69) is 6.08 Å². The molecule has 2 aromatic rings. The minimum atomic E-state index is 0.322. The zero-order chi connectivity index (χ0) is 11.9. The molecule has 86 valence electrons. The van der Waals surface area contributed by atoms with Crippen molar-refractivity contribution in [3.05, 3.63) is 66.2 Å². The predicted molar refractivity (Wildman–Crippen MR) is 69.1 cm³/mol. The largest absolute Gasteiger partial charge is 0.508 e. The summed E-state index contributed by atoms with van der Waals surface area (Å²) in [6, 6.07) is 16.7. The third kappa shape index (κ3) is 3.38. The molecule has 0 saturated carbocycles. The van der Waals surface area contributed by atoms with E-state index in [0.717, 1.165) is 5.75 Å². The van der Waals surface area contributed by atoms with E-state index < -0.39 is 0 Å². The standard InChI is InChI=1S/C9H8O.C6H6O/c1-2-6-9-8(4-1)5-3-7-10-9;7-6-4-2-1-3-5-6/h1-6H,7H2;1-5,7H. The van der Waals surface area contributed by atoms with Gasteiger partial charge >= 0.3 is 0 Å². The summed E-state index contributed by atoms with van der Waals surface area (Å²) in [4.78, 5) is 0. The van der Waals surface area contributed by atoms with Crippen molar-refractivity contribution in [1.29, 1.82) is 0 Å². The fraction of sp³-hybridized carbons (Fsp3) is 0.0667. The number of phenols is 1. The lowest BCUT2D eigenvalue weighted by molar-refractivity contribution is 0.358. The van der Waals surface area contributed by atoms with E-state index in [4.69, 9.17) is 9.84 Å². The zero-order valence-electron chi connectivity index (χ0n) is 9.41. The Labute approximate surface area is 101 Å². The van der Waals surface area contributed by atoms with Gasteiger partial charge in [-0.05, 0) is 24.3 Å². The van der Waals surface area contributed by atoms with Crippen LogP contribution in [0.4, 0.5) is 0 Å². The normalized spacial score (nSPS) is 11.8. The zero-order valence-corrected chi connectivity index (χ0v) is 9.41. The molecule has 1 aliphatic heterocycles. The van der Waals surface area contributed by atoms with E-state index in [1.165, 1.54) is 5.56 Å². The third-order valence-electron chi connectivity index (χ3n) is 2.31. The van der Waals surface area contributed by atoms with E-state index in [1.807, 2.05) is 36.4 Å². The fourth-order valence-electron chi connectivity index (χ4n) is 1.49. The van der Waals surface area contributed by atoms with Gasteiger partial charge in [0.05, 0.1) is 0 Å². The van der Waals surface area contributed by atoms with Crippen LogP contribution in [0.2, 0.25) is 0 Å². The third-order valence-corrected chi connectivity index (χ3v) is 2.31. The molecule has 3 rings (SSSR count). The van der Waals surface area contributed by atoms with E-state index in [9.17, 15) is 0 Å². The highest BCUT2D eigenvalue weighted by Gasteiger charge is 2.01. The van der Waals surface area contributed by atoms with Gasteiger partial charge in [0.15, 0.2) is 0 Å². The smallest absolute Gasteiger partial charge is 0.126 e. The summed E-state index contributed by atoms with van der Waals surface area (Å²) in [6.07, 6.45) is 4.10. The minimum Gasteiger partial charge on any atom is -0.508 e. The fourth-order valence-corrected chi connectivity index (χ4v) is 1.49. The molecule has 0 amide bonds. The molecule has 0 spiro atoms. The first-order valence-electron chi connectivity index (χ1n) is 5.48. The summed E-state index contributed by atoms with van der Waals surface area (Å²) in [5, 5.41) is 8.63. The van der Waals surface area contributed by atoms with Gasteiger partial charge in [-0.15, -0.1) is 0 Å². The van der Waals surface area contributed by atoms with E-state index in [1.54, 1.807) is 24.3 Å². The lowest BCUT2D eigenvalue weighted by Gasteiger charge is -2.10. The van der Waals surface area contributed by atoms with Crippen molar-refractivity contribution in [2.45, 2.75) is 0 Å². The number of aromatic hydroxyl groups is 1. The second-order valence-corrected chi connectivity index (χ2v) is 3.59. The molecule has 2 aromatic carbocycles. The molecule has 0 unspecified atom stereocenters. The quantitative estimate of drug-likeness (QED) is 0.745. The molecule has 0 aromatic heterocycles. The average Bonchev–Trinajstić information content (AvgIpc) is 2.41. The van der Waals surface area contributed by atoms with Gasteiger partial charge in [-0.1, -0.05) is 42.5 Å². The number of para-hydroxylation sites is 2. The molecule has 1 heterocycles. The van der Waals surface area contributed by atoms with Crippen LogP contribution in [-0.2, 0) is 0 Å². The van der Waals surface area contributed by atoms with Crippen LogP contribution in [-0.4, -0.2) is 11.7 Å². The number of rotatable bonds is 0. The Morgan fingerprint density at radius 1 is 0.882 bits per heavy atom. The van der Waals surface area contributed by atoms with E-state index in [-0.39, 0.29) is 0 Å². The van der Waals surface area contributed by atoms with Crippen molar-refractivity contribution < 1.29 is 9.84 Å². The Morgan fingerprint density at radius 2 is 1.59 bits per heavy atom. The molecule has 1 aliphatic rings. The van der Waals surface area contributed by atoms with Gasteiger partial charge in [-0.3, -0.25) is 0 Å². The first kappa shape index (κ1) is 11.3. The maximum atomic E-state index is 8.63. The molecule has 0 radical (unpaired) electrons. The van der Waals surface area contributed by atoms with Gasteiger partial charge in [0.1, 0.15) is 18.1 Å². The summed E-state index contributed by atoms with van der Waals surface area (Å²) in [5.41, 5.74) is 1.17. The van der Waals surface area contributed by atoms with Gasteiger partial charge < -0.3 is 9.84 Å². The maximum absolute atomic E-state index is 8.63. The topological polar surface area (TPSA) is 29.5 Å². The summed E-state index contributed by atoms with van der Waals surface area (Å²) in [6.45, 7) is 0.705. The second kappa shape index (κ2) is 5.75. The van der Waals surface area contributed by atoms with Gasteiger partial charge in [0.25, 0.3) is 0 Å². The highest BCUT2D eigenvalue weighted by atomic mass is 16.5.